The summed E-state index contributed by atoms with van der Waals surface area (Å²) < 4.78 is 4.83. The van der Waals surface area contributed by atoms with Gasteiger partial charge in [0.2, 0.25) is 5.95 Å². The van der Waals surface area contributed by atoms with Crippen molar-refractivity contribution in [1.82, 2.24) is 15.1 Å². The molecule has 0 aliphatic carbocycles. The van der Waals surface area contributed by atoms with E-state index in [0.717, 1.165) is 41.8 Å². The molecule has 106 valence electrons. The van der Waals surface area contributed by atoms with Crippen LogP contribution in [0.1, 0.15) is 29.8 Å². The number of aromatic nitrogens is 3. The third-order valence-corrected chi connectivity index (χ3v) is 3.69. The molecule has 0 bridgehead atoms. The van der Waals surface area contributed by atoms with Gasteiger partial charge in [-0.3, -0.25) is 0 Å². The first-order chi connectivity index (χ1) is 9.74. The van der Waals surface area contributed by atoms with Crippen LogP contribution in [-0.2, 0) is 6.54 Å². The lowest BCUT2D eigenvalue weighted by atomic mass is 10.2. The predicted octanol–water partition coefficient (Wildman–Crippen LogP) is 2.29. The fourth-order valence-corrected chi connectivity index (χ4v) is 2.35. The van der Waals surface area contributed by atoms with Crippen LogP contribution >= 0.6 is 0 Å². The van der Waals surface area contributed by atoms with Crippen molar-refractivity contribution in [3.63, 3.8) is 0 Å². The van der Waals surface area contributed by atoms with Crippen molar-refractivity contribution in [1.29, 1.82) is 0 Å². The molecule has 2 aromatic heterocycles. The first-order valence-electron chi connectivity index (χ1n) is 6.97. The molecular formula is C14H19N5O. The lowest BCUT2D eigenvalue weighted by Gasteiger charge is -2.18. The highest BCUT2D eigenvalue weighted by molar-refractivity contribution is 5.50. The summed E-state index contributed by atoms with van der Waals surface area (Å²) in [5, 5.41) is 7.21. The lowest BCUT2D eigenvalue weighted by Crippen LogP contribution is -2.22. The molecule has 6 nitrogen and oxygen atoms in total. The van der Waals surface area contributed by atoms with Gasteiger partial charge in [-0.05, 0) is 26.7 Å². The fourth-order valence-electron chi connectivity index (χ4n) is 2.35. The van der Waals surface area contributed by atoms with E-state index >= 15 is 0 Å². The minimum atomic E-state index is 0.604. The van der Waals surface area contributed by atoms with Crippen molar-refractivity contribution >= 4 is 11.8 Å². The van der Waals surface area contributed by atoms with Crippen molar-refractivity contribution in [2.45, 2.75) is 33.2 Å². The highest BCUT2D eigenvalue weighted by Crippen LogP contribution is 2.22. The van der Waals surface area contributed by atoms with Gasteiger partial charge in [-0.2, -0.15) is 4.98 Å². The average molecular weight is 273 g/mol. The summed E-state index contributed by atoms with van der Waals surface area (Å²) >= 11 is 0. The van der Waals surface area contributed by atoms with Crippen molar-refractivity contribution < 1.29 is 4.52 Å². The molecule has 3 heterocycles. The van der Waals surface area contributed by atoms with Crippen LogP contribution in [0.5, 0.6) is 0 Å². The minimum Gasteiger partial charge on any atom is -0.364 e. The van der Waals surface area contributed by atoms with Crippen LogP contribution in [0, 0.1) is 13.8 Å². The molecule has 0 amide bonds. The number of anilines is 2. The molecule has 1 fully saturated rings. The summed E-state index contributed by atoms with van der Waals surface area (Å²) in [7, 11) is 0. The van der Waals surface area contributed by atoms with Gasteiger partial charge in [-0.15, -0.1) is 0 Å². The van der Waals surface area contributed by atoms with E-state index < -0.39 is 0 Å². The Balaban J connectivity index is 1.81. The SMILES string of the molecule is Cc1nc(N2CCCC2)nc(NCc2ccon2)c1C. The second kappa shape index (κ2) is 5.48. The number of nitrogens with zero attached hydrogens (tertiary/aromatic N) is 4. The van der Waals surface area contributed by atoms with E-state index in [0.29, 0.717) is 6.54 Å². The van der Waals surface area contributed by atoms with Crippen molar-refractivity contribution in [2.75, 3.05) is 23.3 Å². The van der Waals surface area contributed by atoms with E-state index in [-0.39, 0.29) is 0 Å². The molecular weight excluding hydrogens is 254 g/mol. The summed E-state index contributed by atoms with van der Waals surface area (Å²) in [5.41, 5.74) is 2.96. The molecule has 1 aliphatic heterocycles. The zero-order valence-electron chi connectivity index (χ0n) is 11.9. The molecule has 3 rings (SSSR count). The van der Waals surface area contributed by atoms with Crippen LogP contribution in [0.3, 0.4) is 0 Å². The summed E-state index contributed by atoms with van der Waals surface area (Å²) in [4.78, 5) is 11.5. The number of aryl methyl sites for hydroxylation is 1. The van der Waals surface area contributed by atoms with E-state index in [1.807, 2.05) is 19.9 Å². The molecule has 1 N–H and O–H groups in total. The number of hydrogen-bond acceptors (Lipinski definition) is 6. The first-order valence-corrected chi connectivity index (χ1v) is 6.97. The van der Waals surface area contributed by atoms with Crippen LogP contribution in [0.2, 0.25) is 0 Å². The van der Waals surface area contributed by atoms with Crippen LogP contribution < -0.4 is 10.2 Å². The number of hydrogen-bond donors (Lipinski definition) is 1. The third-order valence-electron chi connectivity index (χ3n) is 3.69. The lowest BCUT2D eigenvalue weighted by molar-refractivity contribution is 0.412. The Morgan fingerprint density at radius 2 is 2.05 bits per heavy atom. The van der Waals surface area contributed by atoms with E-state index in [9.17, 15) is 0 Å². The summed E-state index contributed by atoms with van der Waals surface area (Å²) in [6, 6.07) is 1.85. The molecule has 0 radical (unpaired) electrons. The molecule has 1 saturated heterocycles. The maximum Gasteiger partial charge on any atom is 0.227 e. The Bertz CT molecular complexity index is 576. The normalized spacial score (nSPS) is 14.8. The van der Waals surface area contributed by atoms with Gasteiger partial charge in [0.05, 0.1) is 6.54 Å². The highest BCUT2D eigenvalue weighted by Gasteiger charge is 2.17. The number of rotatable bonds is 4. The van der Waals surface area contributed by atoms with Gasteiger partial charge in [-0.1, -0.05) is 5.16 Å². The third kappa shape index (κ3) is 2.59. The smallest absolute Gasteiger partial charge is 0.227 e. The quantitative estimate of drug-likeness (QED) is 0.922. The monoisotopic (exact) mass is 273 g/mol. The van der Waals surface area contributed by atoms with Gasteiger partial charge < -0.3 is 14.7 Å². The Morgan fingerprint density at radius 1 is 1.25 bits per heavy atom. The first kappa shape index (κ1) is 12.9. The van der Waals surface area contributed by atoms with E-state index in [1.54, 1.807) is 6.26 Å². The Labute approximate surface area is 118 Å². The van der Waals surface area contributed by atoms with Crippen molar-refractivity contribution in [3.8, 4) is 0 Å². The van der Waals surface area contributed by atoms with Crippen molar-refractivity contribution in [2.24, 2.45) is 0 Å². The van der Waals surface area contributed by atoms with Gasteiger partial charge >= 0.3 is 0 Å². The molecule has 2 aromatic rings. The molecule has 1 aliphatic rings. The van der Waals surface area contributed by atoms with Gasteiger partial charge in [0.25, 0.3) is 0 Å². The van der Waals surface area contributed by atoms with E-state index in [2.05, 4.69) is 25.3 Å². The Hall–Kier alpha value is -2.11. The second-order valence-electron chi connectivity index (χ2n) is 5.12. The highest BCUT2D eigenvalue weighted by atomic mass is 16.5. The summed E-state index contributed by atoms with van der Waals surface area (Å²) in [5.74, 6) is 1.70. The molecule has 6 heteroatoms. The standard InChI is InChI=1S/C14H19N5O/c1-10-11(2)16-14(19-6-3-4-7-19)17-13(10)15-9-12-5-8-20-18-12/h5,8H,3-4,6-7,9H2,1-2H3,(H,15,16,17). The van der Waals surface area contributed by atoms with E-state index in [4.69, 9.17) is 4.52 Å². The molecule has 0 unspecified atom stereocenters. The fraction of sp³-hybridized carbons (Fsp3) is 0.500. The van der Waals surface area contributed by atoms with Gasteiger partial charge in [0, 0.05) is 30.4 Å². The van der Waals surface area contributed by atoms with Crippen molar-refractivity contribution in [3.05, 3.63) is 29.3 Å². The molecule has 0 saturated carbocycles. The van der Waals surface area contributed by atoms with E-state index in [1.165, 1.54) is 12.8 Å². The summed E-state index contributed by atoms with van der Waals surface area (Å²) in [6.45, 7) is 6.76. The second-order valence-corrected chi connectivity index (χ2v) is 5.12. The predicted molar refractivity (Wildman–Crippen MR) is 76.8 cm³/mol. The average Bonchev–Trinajstić information content (AvgIpc) is 3.12. The number of nitrogens with one attached hydrogen (secondary N) is 1. The molecule has 0 spiro atoms. The largest absolute Gasteiger partial charge is 0.364 e. The minimum absolute atomic E-state index is 0.604. The summed E-state index contributed by atoms with van der Waals surface area (Å²) in [6.07, 6.45) is 4.01. The molecule has 0 aromatic carbocycles. The Kier molecular flexibility index (Phi) is 3.54. The Morgan fingerprint density at radius 3 is 2.75 bits per heavy atom. The topological polar surface area (TPSA) is 67.1 Å². The molecule has 0 atom stereocenters. The maximum atomic E-state index is 4.83. The van der Waals surface area contributed by atoms with Crippen LogP contribution in [0.25, 0.3) is 0 Å². The molecule has 20 heavy (non-hydrogen) atoms. The van der Waals surface area contributed by atoms with Gasteiger partial charge in [-0.25, -0.2) is 4.98 Å². The van der Waals surface area contributed by atoms with Gasteiger partial charge in [0.15, 0.2) is 0 Å². The van der Waals surface area contributed by atoms with Crippen LogP contribution in [-0.4, -0.2) is 28.2 Å². The maximum absolute atomic E-state index is 4.83. The zero-order valence-corrected chi connectivity index (χ0v) is 11.9. The van der Waals surface area contributed by atoms with Crippen LogP contribution in [0.15, 0.2) is 16.9 Å². The van der Waals surface area contributed by atoms with Gasteiger partial charge in [0.1, 0.15) is 17.8 Å². The zero-order chi connectivity index (χ0) is 13.9. The van der Waals surface area contributed by atoms with Crippen LogP contribution in [0.4, 0.5) is 11.8 Å².